The highest BCUT2D eigenvalue weighted by Gasteiger charge is 2.37. The Kier molecular flexibility index (Phi) is 7.40. The Morgan fingerprint density at radius 3 is 2.58 bits per heavy atom. The number of benzene rings is 3. The first-order valence-electron chi connectivity index (χ1n) is 12.7. The maximum Gasteiger partial charge on any atom is 0.261 e. The van der Waals surface area contributed by atoms with Crippen molar-refractivity contribution in [1.82, 2.24) is 10.3 Å². The van der Waals surface area contributed by atoms with E-state index in [1.165, 1.54) is 24.5 Å². The molecular weight excluding hydrogens is 531 g/mol. The largest absolute Gasteiger partial charge is 0.349 e. The predicted molar refractivity (Wildman–Crippen MR) is 154 cm³/mol. The number of nitrogens with zero attached hydrogens (tertiary/aromatic N) is 3. The number of rotatable bonds is 7. The highest BCUT2D eigenvalue weighted by atomic mass is 32.2. The van der Waals surface area contributed by atoms with Crippen LogP contribution in [0.3, 0.4) is 0 Å². The molecule has 9 nitrogen and oxygen atoms in total. The van der Waals surface area contributed by atoms with Gasteiger partial charge >= 0.3 is 0 Å². The second kappa shape index (κ2) is 10.9. The summed E-state index contributed by atoms with van der Waals surface area (Å²) in [4.78, 5) is 17.5. The van der Waals surface area contributed by atoms with Crippen molar-refractivity contribution in [2.24, 2.45) is 16.0 Å². The minimum atomic E-state index is -4.00. The third-order valence-electron chi connectivity index (χ3n) is 6.94. The van der Waals surface area contributed by atoms with E-state index in [1.807, 2.05) is 51.1 Å². The van der Waals surface area contributed by atoms with Crippen LogP contribution < -0.4 is 15.4 Å². The van der Waals surface area contributed by atoms with E-state index in [-0.39, 0.29) is 16.8 Å². The molecule has 2 aliphatic heterocycles. The van der Waals surface area contributed by atoms with Crippen LogP contribution in [0.15, 0.2) is 99.1 Å². The summed E-state index contributed by atoms with van der Waals surface area (Å²) in [5, 5.41) is 12.5. The number of aryl methyl sites for hydroxylation is 1. The van der Waals surface area contributed by atoms with Gasteiger partial charge in [-0.15, -0.1) is 0 Å². The Morgan fingerprint density at radius 1 is 1.05 bits per heavy atom. The number of nitrogens with one attached hydrogen (secondary N) is 3. The molecule has 3 N–H and O–H groups in total. The molecule has 0 spiro atoms. The van der Waals surface area contributed by atoms with Crippen LogP contribution in [0.25, 0.3) is 0 Å². The van der Waals surface area contributed by atoms with Crippen LogP contribution in [-0.2, 0) is 14.8 Å². The number of carbonyl (C=O) groups excluding carboxylic acids is 1. The molecule has 2 aliphatic rings. The molecule has 1 amide bonds. The van der Waals surface area contributed by atoms with Gasteiger partial charge in [-0.05, 0) is 67.8 Å². The lowest BCUT2D eigenvalue weighted by atomic mass is 10.00. The molecule has 0 aromatic heterocycles. The van der Waals surface area contributed by atoms with Crippen molar-refractivity contribution < 1.29 is 17.6 Å². The summed E-state index contributed by atoms with van der Waals surface area (Å²) in [5.41, 5.74) is 4.28. The van der Waals surface area contributed by atoms with Gasteiger partial charge < -0.3 is 10.6 Å². The quantitative estimate of drug-likeness (QED) is 0.385. The monoisotopic (exact) mass is 560 g/mol. The lowest BCUT2D eigenvalue weighted by Crippen LogP contribution is -2.35. The molecule has 0 radical (unpaired) electrons. The van der Waals surface area contributed by atoms with Crippen LogP contribution in [0, 0.1) is 18.7 Å². The molecule has 0 bridgehead atoms. The maximum atomic E-state index is 13.6. The van der Waals surface area contributed by atoms with E-state index in [4.69, 9.17) is 0 Å². The number of anilines is 2. The second-order valence-electron chi connectivity index (χ2n) is 9.73. The molecule has 2 atom stereocenters. The second-order valence-corrected chi connectivity index (χ2v) is 11.4. The van der Waals surface area contributed by atoms with Crippen molar-refractivity contribution in [2.75, 3.05) is 16.6 Å². The Hall–Kier alpha value is -4.51. The topological polar surface area (TPSA) is 115 Å². The Morgan fingerprint density at radius 2 is 1.82 bits per heavy atom. The molecule has 0 saturated heterocycles. The zero-order valence-electron chi connectivity index (χ0n) is 22.2. The number of amides is 1. The number of hydrazone groups is 1. The van der Waals surface area contributed by atoms with Crippen LogP contribution in [0.2, 0.25) is 0 Å². The average Bonchev–Trinajstić information content (AvgIpc) is 3.28. The summed E-state index contributed by atoms with van der Waals surface area (Å²) in [5.74, 6) is -0.673. The summed E-state index contributed by atoms with van der Waals surface area (Å²) >= 11 is 0. The van der Waals surface area contributed by atoms with E-state index in [9.17, 15) is 17.6 Å². The molecule has 206 valence electrons. The van der Waals surface area contributed by atoms with E-state index in [1.54, 1.807) is 23.2 Å². The van der Waals surface area contributed by atoms with E-state index in [0.29, 0.717) is 29.5 Å². The van der Waals surface area contributed by atoms with E-state index in [2.05, 4.69) is 25.4 Å². The van der Waals surface area contributed by atoms with Gasteiger partial charge in [-0.25, -0.2) is 17.8 Å². The number of amidine groups is 1. The number of fused-ring (bicyclic) bond motifs is 1. The molecule has 0 saturated carbocycles. The van der Waals surface area contributed by atoms with Gasteiger partial charge in [-0.2, -0.15) is 5.10 Å². The highest BCUT2D eigenvalue weighted by molar-refractivity contribution is 7.92. The Bertz CT molecular complexity index is 1650. The molecular formula is C29H29FN6O3S. The molecule has 11 heteroatoms. The van der Waals surface area contributed by atoms with E-state index >= 15 is 0 Å². The molecule has 3 aromatic carbocycles. The molecule has 0 aliphatic carbocycles. The summed E-state index contributed by atoms with van der Waals surface area (Å²) in [6.45, 7) is 6.09. The maximum absolute atomic E-state index is 13.6. The van der Waals surface area contributed by atoms with Gasteiger partial charge in [0.15, 0.2) is 5.84 Å². The van der Waals surface area contributed by atoms with Crippen LogP contribution in [-0.4, -0.2) is 38.1 Å². The third kappa shape index (κ3) is 5.59. The summed E-state index contributed by atoms with van der Waals surface area (Å²) in [6, 6.07) is 19.4. The normalized spacial score (nSPS) is 17.2. The fourth-order valence-corrected chi connectivity index (χ4v) is 5.78. The fraction of sp³-hybridized carbons (Fsp3) is 0.207. The zero-order chi connectivity index (χ0) is 28.4. The molecule has 3 aromatic rings. The minimum absolute atomic E-state index is 0.102. The van der Waals surface area contributed by atoms with Gasteiger partial charge in [-0.3, -0.25) is 14.5 Å². The number of carbonyl (C=O) groups is 1. The average molecular weight is 561 g/mol. The molecule has 5 rings (SSSR count). The highest BCUT2D eigenvalue weighted by Crippen LogP contribution is 2.33. The van der Waals surface area contributed by atoms with Gasteiger partial charge in [0, 0.05) is 5.69 Å². The van der Waals surface area contributed by atoms with Crippen LogP contribution in [0.1, 0.15) is 31.0 Å². The van der Waals surface area contributed by atoms with Crippen LogP contribution >= 0.6 is 0 Å². The summed E-state index contributed by atoms with van der Waals surface area (Å²) < 4.78 is 41.7. The van der Waals surface area contributed by atoms with Gasteiger partial charge in [0.1, 0.15) is 17.9 Å². The van der Waals surface area contributed by atoms with Crippen molar-refractivity contribution in [3.63, 3.8) is 0 Å². The number of aliphatic imine (C=N–C) groups is 1. The first-order valence-corrected chi connectivity index (χ1v) is 14.2. The van der Waals surface area contributed by atoms with Crippen molar-refractivity contribution >= 4 is 39.5 Å². The zero-order valence-corrected chi connectivity index (χ0v) is 23.0. The standard InChI is InChI=1S/C29H29FN6O3S/c1-18-12-13-23(35-40(38,39)24-11-7-10-22(30)14-24)15-26(18)34-28-27-19(2)25(16-36(27)32-17-31-28)29(37)33-20(3)21-8-5-4-6-9-21/h4-15,17,20,25,35H,16H2,1-3H3,(H,33,37)(H,31,32,34)/t20-,25?/m0/s1. The number of hydrogen-bond acceptors (Lipinski definition) is 7. The van der Waals surface area contributed by atoms with Gasteiger partial charge in [0.05, 0.1) is 29.1 Å². The van der Waals surface area contributed by atoms with Gasteiger partial charge in [0.2, 0.25) is 5.91 Å². The summed E-state index contributed by atoms with van der Waals surface area (Å²) in [7, 11) is -4.00. The Labute approximate surface area is 232 Å². The van der Waals surface area contributed by atoms with E-state index in [0.717, 1.165) is 22.8 Å². The molecule has 40 heavy (non-hydrogen) atoms. The van der Waals surface area contributed by atoms with Crippen molar-refractivity contribution in [1.29, 1.82) is 0 Å². The summed E-state index contributed by atoms with van der Waals surface area (Å²) in [6.07, 6.45) is 1.41. The lowest BCUT2D eigenvalue weighted by molar-refractivity contribution is -0.124. The SMILES string of the molecule is CC1=C2C(Nc3cc(NS(=O)(=O)c4cccc(F)c4)ccc3C)=NC=NN2CC1C(=O)N[C@@H](C)c1ccccc1. The number of hydrogen-bond donors (Lipinski definition) is 3. The first-order chi connectivity index (χ1) is 19.1. The minimum Gasteiger partial charge on any atom is -0.349 e. The smallest absolute Gasteiger partial charge is 0.261 e. The number of halogens is 1. The van der Waals surface area contributed by atoms with Crippen LogP contribution in [0.4, 0.5) is 15.8 Å². The van der Waals surface area contributed by atoms with Gasteiger partial charge in [-0.1, -0.05) is 42.5 Å². The number of sulfonamides is 1. The molecule has 1 unspecified atom stereocenters. The lowest BCUT2D eigenvalue weighted by Gasteiger charge is -2.23. The van der Waals surface area contributed by atoms with Crippen molar-refractivity contribution in [2.45, 2.75) is 31.7 Å². The predicted octanol–water partition coefficient (Wildman–Crippen LogP) is 4.79. The molecule has 2 heterocycles. The van der Waals surface area contributed by atoms with Crippen molar-refractivity contribution in [3.8, 4) is 0 Å². The fourth-order valence-electron chi connectivity index (χ4n) is 4.70. The third-order valence-corrected chi connectivity index (χ3v) is 8.32. The van der Waals surface area contributed by atoms with Crippen LogP contribution in [0.5, 0.6) is 0 Å². The Balaban J connectivity index is 1.35. The van der Waals surface area contributed by atoms with E-state index < -0.39 is 21.8 Å². The first kappa shape index (κ1) is 27.1. The van der Waals surface area contributed by atoms with Gasteiger partial charge in [0.25, 0.3) is 10.0 Å². The molecule has 0 fully saturated rings. The van der Waals surface area contributed by atoms with Crippen molar-refractivity contribution in [3.05, 3.63) is 101 Å².